The fraction of sp³-hybridized carbons (Fsp3) is 0.429. The number of aliphatic hydroxyl groups excluding tert-OH is 1. The van der Waals surface area contributed by atoms with E-state index in [0.29, 0.717) is 11.3 Å². The summed E-state index contributed by atoms with van der Waals surface area (Å²) in [7, 11) is 0. The third kappa shape index (κ3) is 3.60. The molecular weight excluding hydrogens is 386 g/mol. The number of H-pyrrole nitrogens is 1. The molecule has 2 aromatic heterocycles. The molecule has 9 heteroatoms. The third-order valence-corrected chi connectivity index (χ3v) is 4.40. The summed E-state index contributed by atoms with van der Waals surface area (Å²) in [6, 6.07) is 0.137. The fourth-order valence-electron chi connectivity index (χ4n) is 2.87. The van der Waals surface area contributed by atoms with E-state index >= 15 is 0 Å². The second-order valence-corrected chi connectivity index (χ2v) is 6.29. The highest BCUT2D eigenvalue weighted by molar-refractivity contribution is 9.10. The number of fused-ring (bicyclic) bond motifs is 1. The SMILES string of the molecule is Cl.NC1CCCN(c2c(Br)cnc3[nH]cc(NC(=O)CO)c23)C1. The van der Waals surface area contributed by atoms with Gasteiger partial charge >= 0.3 is 0 Å². The molecule has 0 aromatic carbocycles. The van der Waals surface area contributed by atoms with Gasteiger partial charge < -0.3 is 26.0 Å². The van der Waals surface area contributed by atoms with Crippen LogP contribution in [0.2, 0.25) is 0 Å². The normalized spacial score (nSPS) is 17.9. The van der Waals surface area contributed by atoms with Gasteiger partial charge in [0, 0.05) is 31.5 Å². The minimum absolute atomic E-state index is 0. The molecule has 23 heavy (non-hydrogen) atoms. The molecule has 126 valence electrons. The van der Waals surface area contributed by atoms with Crippen LogP contribution in [-0.4, -0.2) is 46.7 Å². The summed E-state index contributed by atoms with van der Waals surface area (Å²) in [6.07, 6.45) is 5.47. The summed E-state index contributed by atoms with van der Waals surface area (Å²) >= 11 is 3.55. The average Bonchev–Trinajstić information content (AvgIpc) is 2.90. The molecule has 1 unspecified atom stereocenters. The van der Waals surface area contributed by atoms with Crippen LogP contribution in [0, 0.1) is 0 Å². The van der Waals surface area contributed by atoms with Crippen molar-refractivity contribution in [3.63, 3.8) is 0 Å². The number of anilines is 2. The number of hydrogen-bond acceptors (Lipinski definition) is 5. The molecule has 7 nitrogen and oxygen atoms in total. The number of rotatable bonds is 3. The molecule has 0 saturated carbocycles. The Labute approximate surface area is 148 Å². The van der Waals surface area contributed by atoms with E-state index in [1.807, 2.05) is 0 Å². The molecule has 0 aliphatic carbocycles. The lowest BCUT2D eigenvalue weighted by atomic mass is 10.1. The van der Waals surface area contributed by atoms with Crippen LogP contribution in [0.1, 0.15) is 12.8 Å². The monoisotopic (exact) mass is 403 g/mol. The number of nitrogens with two attached hydrogens (primary N) is 1. The molecule has 0 bridgehead atoms. The number of carbonyl (C=O) groups excluding carboxylic acids is 1. The van der Waals surface area contributed by atoms with Crippen LogP contribution in [0.15, 0.2) is 16.9 Å². The van der Waals surface area contributed by atoms with Gasteiger partial charge in [0.25, 0.3) is 0 Å². The van der Waals surface area contributed by atoms with Gasteiger partial charge in [-0.05, 0) is 28.8 Å². The second-order valence-electron chi connectivity index (χ2n) is 5.44. The number of nitrogens with zero attached hydrogens (tertiary/aromatic N) is 2. The Balaban J connectivity index is 0.00000192. The molecule has 3 rings (SSSR count). The molecule has 1 atom stereocenters. The predicted molar refractivity (Wildman–Crippen MR) is 96.2 cm³/mol. The highest BCUT2D eigenvalue weighted by Crippen LogP contribution is 2.38. The first-order valence-electron chi connectivity index (χ1n) is 7.17. The smallest absolute Gasteiger partial charge is 0.250 e. The van der Waals surface area contributed by atoms with Crippen molar-refractivity contribution in [1.29, 1.82) is 0 Å². The maximum atomic E-state index is 11.5. The van der Waals surface area contributed by atoms with Gasteiger partial charge in [-0.2, -0.15) is 0 Å². The van der Waals surface area contributed by atoms with Gasteiger partial charge in [-0.25, -0.2) is 4.98 Å². The summed E-state index contributed by atoms with van der Waals surface area (Å²) in [6.45, 7) is 1.11. The largest absolute Gasteiger partial charge is 0.387 e. The van der Waals surface area contributed by atoms with Crippen molar-refractivity contribution >= 4 is 56.7 Å². The van der Waals surface area contributed by atoms with Crippen LogP contribution in [0.5, 0.6) is 0 Å². The van der Waals surface area contributed by atoms with Crippen molar-refractivity contribution in [2.75, 3.05) is 29.9 Å². The summed E-state index contributed by atoms with van der Waals surface area (Å²) < 4.78 is 0.855. The van der Waals surface area contributed by atoms with Crippen LogP contribution in [0.25, 0.3) is 11.0 Å². The summed E-state index contributed by atoms with van der Waals surface area (Å²) in [5.74, 6) is -0.456. The van der Waals surface area contributed by atoms with Crippen LogP contribution in [0.4, 0.5) is 11.4 Å². The maximum Gasteiger partial charge on any atom is 0.250 e. The van der Waals surface area contributed by atoms with Crippen molar-refractivity contribution in [3.05, 3.63) is 16.9 Å². The molecule has 1 aliphatic heterocycles. The van der Waals surface area contributed by atoms with Gasteiger partial charge in [-0.3, -0.25) is 4.79 Å². The maximum absolute atomic E-state index is 11.5. The number of carbonyl (C=O) groups is 1. The van der Waals surface area contributed by atoms with E-state index in [9.17, 15) is 4.79 Å². The Morgan fingerprint density at radius 1 is 1.61 bits per heavy atom. The van der Waals surface area contributed by atoms with Crippen LogP contribution >= 0.6 is 28.3 Å². The fourth-order valence-corrected chi connectivity index (χ4v) is 3.42. The standard InChI is InChI=1S/C14H18BrN5O2.ClH/c15-9-4-17-14-12(10(5-18-14)19-11(22)7-21)13(9)20-3-1-2-8(16)6-20;/h4-5,8,21H,1-3,6-7,16H2,(H,17,18)(H,19,22);1H. The Hall–Kier alpha value is -1.35. The van der Waals surface area contributed by atoms with Crippen molar-refractivity contribution in [2.24, 2.45) is 5.73 Å². The molecule has 1 saturated heterocycles. The van der Waals surface area contributed by atoms with E-state index in [4.69, 9.17) is 10.8 Å². The zero-order valence-electron chi connectivity index (χ0n) is 12.4. The minimum Gasteiger partial charge on any atom is -0.387 e. The van der Waals surface area contributed by atoms with Crippen LogP contribution in [0.3, 0.4) is 0 Å². The number of nitrogens with one attached hydrogen (secondary N) is 2. The lowest BCUT2D eigenvalue weighted by Crippen LogP contribution is -2.43. The number of aliphatic hydroxyl groups is 1. The number of piperidine rings is 1. The molecule has 0 radical (unpaired) electrons. The van der Waals surface area contributed by atoms with Crippen molar-refractivity contribution < 1.29 is 9.90 Å². The molecule has 3 heterocycles. The Kier molecular flexibility index (Phi) is 5.85. The number of halogens is 2. The molecule has 1 fully saturated rings. The van der Waals surface area contributed by atoms with Crippen LogP contribution < -0.4 is 16.0 Å². The Morgan fingerprint density at radius 2 is 2.39 bits per heavy atom. The number of aromatic nitrogens is 2. The first-order chi connectivity index (χ1) is 10.6. The zero-order chi connectivity index (χ0) is 15.7. The second kappa shape index (κ2) is 7.48. The zero-order valence-corrected chi connectivity index (χ0v) is 14.8. The van der Waals surface area contributed by atoms with E-state index in [0.717, 1.165) is 41.5 Å². The van der Waals surface area contributed by atoms with E-state index in [1.54, 1.807) is 12.4 Å². The van der Waals surface area contributed by atoms with Gasteiger partial charge in [-0.1, -0.05) is 0 Å². The molecular formula is C14H19BrClN5O2. The Morgan fingerprint density at radius 3 is 3.09 bits per heavy atom. The van der Waals surface area contributed by atoms with Crippen molar-refractivity contribution in [2.45, 2.75) is 18.9 Å². The molecule has 5 N–H and O–H groups in total. The van der Waals surface area contributed by atoms with Crippen molar-refractivity contribution in [3.8, 4) is 0 Å². The molecule has 2 aromatic rings. The number of hydrogen-bond donors (Lipinski definition) is 4. The summed E-state index contributed by atoms with van der Waals surface area (Å²) in [5, 5.41) is 12.5. The first-order valence-corrected chi connectivity index (χ1v) is 7.96. The van der Waals surface area contributed by atoms with Crippen molar-refractivity contribution in [1.82, 2.24) is 9.97 Å². The van der Waals surface area contributed by atoms with E-state index in [-0.39, 0.29) is 18.4 Å². The number of pyridine rings is 1. The summed E-state index contributed by atoms with van der Waals surface area (Å²) in [4.78, 5) is 21.1. The van der Waals surface area contributed by atoms with E-state index < -0.39 is 12.5 Å². The number of amides is 1. The van der Waals surface area contributed by atoms with Gasteiger partial charge in [0.05, 0.1) is 21.2 Å². The Bertz CT molecular complexity index is 708. The van der Waals surface area contributed by atoms with Gasteiger partial charge in [0.15, 0.2) is 0 Å². The van der Waals surface area contributed by atoms with E-state index in [2.05, 4.69) is 36.1 Å². The van der Waals surface area contributed by atoms with Gasteiger partial charge in [-0.15, -0.1) is 12.4 Å². The lowest BCUT2D eigenvalue weighted by molar-refractivity contribution is -0.118. The lowest BCUT2D eigenvalue weighted by Gasteiger charge is -2.33. The average molecular weight is 405 g/mol. The minimum atomic E-state index is -0.558. The third-order valence-electron chi connectivity index (χ3n) is 3.82. The summed E-state index contributed by atoms with van der Waals surface area (Å²) in [5.41, 5.74) is 8.35. The first kappa shape index (κ1) is 18.0. The molecule has 0 spiro atoms. The van der Waals surface area contributed by atoms with Gasteiger partial charge in [0.2, 0.25) is 5.91 Å². The number of aromatic amines is 1. The highest BCUT2D eigenvalue weighted by atomic mass is 79.9. The topological polar surface area (TPSA) is 107 Å². The molecule has 1 amide bonds. The highest BCUT2D eigenvalue weighted by Gasteiger charge is 2.23. The van der Waals surface area contributed by atoms with Gasteiger partial charge in [0.1, 0.15) is 12.3 Å². The molecule has 1 aliphatic rings. The van der Waals surface area contributed by atoms with Crippen LogP contribution in [-0.2, 0) is 4.79 Å². The quantitative estimate of drug-likeness (QED) is 0.622. The van der Waals surface area contributed by atoms with E-state index in [1.165, 1.54) is 0 Å². The predicted octanol–water partition coefficient (Wildman–Crippen LogP) is 1.61.